The lowest BCUT2D eigenvalue weighted by molar-refractivity contribution is -0.121. The van der Waals surface area contributed by atoms with Crippen LogP contribution >= 0.6 is 0 Å². The molecular weight excluding hydrogens is 188 g/mol. The van der Waals surface area contributed by atoms with Gasteiger partial charge >= 0.3 is 0 Å². The van der Waals surface area contributed by atoms with Gasteiger partial charge in [-0.25, -0.2) is 0 Å². The molecule has 2 saturated carbocycles. The minimum atomic E-state index is 0.241. The second kappa shape index (κ2) is 5.50. The van der Waals surface area contributed by atoms with Crippen molar-refractivity contribution in [3.8, 4) is 0 Å². The van der Waals surface area contributed by atoms with E-state index in [0.717, 1.165) is 19.0 Å². The van der Waals surface area contributed by atoms with E-state index in [1.54, 1.807) is 0 Å². The molecule has 0 bridgehead atoms. The van der Waals surface area contributed by atoms with Crippen molar-refractivity contribution in [1.82, 2.24) is 10.6 Å². The highest BCUT2D eigenvalue weighted by molar-refractivity contribution is 5.76. The van der Waals surface area contributed by atoms with Gasteiger partial charge in [0.25, 0.3) is 0 Å². The first-order valence-corrected chi connectivity index (χ1v) is 6.37. The number of carbonyl (C=O) groups excluding carboxylic acids is 1. The Balaban J connectivity index is 1.44. The first kappa shape index (κ1) is 10.9. The van der Waals surface area contributed by atoms with Crippen LogP contribution in [0.5, 0.6) is 0 Å². The topological polar surface area (TPSA) is 41.1 Å². The van der Waals surface area contributed by atoms with Crippen LogP contribution in [0, 0.1) is 0 Å². The third kappa shape index (κ3) is 4.20. The van der Waals surface area contributed by atoms with E-state index in [9.17, 15) is 4.79 Å². The van der Waals surface area contributed by atoms with Crippen LogP contribution in [0.2, 0.25) is 0 Å². The smallest absolute Gasteiger partial charge is 0.220 e. The Morgan fingerprint density at radius 1 is 1.07 bits per heavy atom. The van der Waals surface area contributed by atoms with Crippen LogP contribution < -0.4 is 10.6 Å². The second-order valence-corrected chi connectivity index (χ2v) is 4.88. The summed E-state index contributed by atoms with van der Waals surface area (Å²) < 4.78 is 0. The zero-order valence-electron chi connectivity index (χ0n) is 9.43. The second-order valence-electron chi connectivity index (χ2n) is 4.88. The van der Waals surface area contributed by atoms with Gasteiger partial charge in [0, 0.05) is 18.5 Å². The molecule has 0 spiro atoms. The van der Waals surface area contributed by atoms with Gasteiger partial charge in [-0.3, -0.25) is 4.79 Å². The third-order valence-electron chi connectivity index (χ3n) is 3.31. The van der Waals surface area contributed by atoms with Gasteiger partial charge in [-0.05, 0) is 38.6 Å². The lowest BCUT2D eigenvalue weighted by Crippen LogP contribution is -2.29. The number of nitrogens with one attached hydrogen (secondary N) is 2. The van der Waals surface area contributed by atoms with Crippen LogP contribution in [-0.2, 0) is 4.79 Å². The Bertz CT molecular complexity index is 208. The molecule has 3 heteroatoms. The van der Waals surface area contributed by atoms with Crippen molar-refractivity contribution in [3.05, 3.63) is 0 Å². The van der Waals surface area contributed by atoms with Crippen molar-refractivity contribution in [1.29, 1.82) is 0 Å². The Labute approximate surface area is 92.0 Å². The lowest BCUT2D eigenvalue weighted by atomic mass is 10.2. The Morgan fingerprint density at radius 3 is 2.47 bits per heavy atom. The summed E-state index contributed by atoms with van der Waals surface area (Å²) in [6.07, 6.45) is 9.45. The molecule has 3 nitrogen and oxygen atoms in total. The Kier molecular flexibility index (Phi) is 4.01. The first-order chi connectivity index (χ1) is 7.34. The number of hydrogen-bond acceptors (Lipinski definition) is 2. The van der Waals surface area contributed by atoms with E-state index in [4.69, 9.17) is 0 Å². The fourth-order valence-electron chi connectivity index (χ4n) is 2.21. The monoisotopic (exact) mass is 210 g/mol. The molecular formula is C12H22N2O. The van der Waals surface area contributed by atoms with Crippen LogP contribution in [0.3, 0.4) is 0 Å². The van der Waals surface area contributed by atoms with Crippen molar-refractivity contribution in [2.75, 3.05) is 6.54 Å². The van der Waals surface area contributed by atoms with E-state index in [0.29, 0.717) is 12.5 Å². The van der Waals surface area contributed by atoms with Crippen LogP contribution in [-0.4, -0.2) is 24.5 Å². The number of rotatable bonds is 6. The fourth-order valence-corrected chi connectivity index (χ4v) is 2.21. The first-order valence-electron chi connectivity index (χ1n) is 6.37. The van der Waals surface area contributed by atoms with Crippen molar-refractivity contribution in [2.45, 2.75) is 63.5 Å². The SMILES string of the molecule is O=C(CCCNC1CCCC1)NC1CC1. The minimum absolute atomic E-state index is 0.241. The molecule has 2 N–H and O–H groups in total. The molecule has 86 valence electrons. The molecule has 0 saturated heterocycles. The minimum Gasteiger partial charge on any atom is -0.353 e. The number of hydrogen-bond donors (Lipinski definition) is 2. The normalized spacial score (nSPS) is 21.9. The molecule has 1 amide bonds. The summed E-state index contributed by atoms with van der Waals surface area (Å²) in [6.45, 7) is 1.00. The standard InChI is InChI=1S/C12H22N2O/c15-12(14-11-7-8-11)6-3-9-13-10-4-1-2-5-10/h10-11,13H,1-9H2,(H,14,15). The van der Waals surface area contributed by atoms with Crippen LogP contribution in [0.4, 0.5) is 0 Å². The molecule has 0 aliphatic heterocycles. The highest BCUT2D eigenvalue weighted by Gasteiger charge is 2.22. The highest BCUT2D eigenvalue weighted by Crippen LogP contribution is 2.19. The van der Waals surface area contributed by atoms with Gasteiger partial charge < -0.3 is 10.6 Å². The molecule has 0 aromatic heterocycles. The third-order valence-corrected chi connectivity index (χ3v) is 3.31. The van der Waals surface area contributed by atoms with Crippen molar-refractivity contribution >= 4 is 5.91 Å². The van der Waals surface area contributed by atoms with Crippen LogP contribution in [0.15, 0.2) is 0 Å². The molecule has 0 aromatic rings. The van der Waals surface area contributed by atoms with Gasteiger partial charge in [0.2, 0.25) is 5.91 Å². The van der Waals surface area contributed by atoms with E-state index < -0.39 is 0 Å². The number of carbonyl (C=O) groups is 1. The van der Waals surface area contributed by atoms with Gasteiger partial charge in [0.1, 0.15) is 0 Å². The van der Waals surface area contributed by atoms with E-state index in [-0.39, 0.29) is 5.91 Å². The summed E-state index contributed by atoms with van der Waals surface area (Å²) in [6, 6.07) is 1.25. The molecule has 0 heterocycles. The van der Waals surface area contributed by atoms with E-state index in [1.165, 1.54) is 38.5 Å². The predicted molar refractivity (Wildman–Crippen MR) is 60.7 cm³/mol. The largest absolute Gasteiger partial charge is 0.353 e. The van der Waals surface area contributed by atoms with Crippen molar-refractivity contribution in [3.63, 3.8) is 0 Å². The molecule has 2 fully saturated rings. The Morgan fingerprint density at radius 2 is 1.80 bits per heavy atom. The van der Waals surface area contributed by atoms with E-state index in [1.807, 2.05) is 0 Å². The summed E-state index contributed by atoms with van der Waals surface area (Å²) in [7, 11) is 0. The van der Waals surface area contributed by atoms with Crippen molar-refractivity contribution in [2.24, 2.45) is 0 Å². The lowest BCUT2D eigenvalue weighted by Gasteiger charge is -2.11. The molecule has 15 heavy (non-hydrogen) atoms. The molecule has 0 unspecified atom stereocenters. The van der Waals surface area contributed by atoms with E-state index in [2.05, 4.69) is 10.6 Å². The van der Waals surface area contributed by atoms with Crippen LogP contribution in [0.25, 0.3) is 0 Å². The summed E-state index contributed by atoms with van der Waals surface area (Å²) in [4.78, 5) is 11.4. The van der Waals surface area contributed by atoms with Gasteiger partial charge in [-0.2, -0.15) is 0 Å². The summed E-state index contributed by atoms with van der Waals surface area (Å²) in [5.41, 5.74) is 0. The average Bonchev–Trinajstić information content (AvgIpc) is 2.87. The molecule has 0 radical (unpaired) electrons. The maximum atomic E-state index is 11.4. The van der Waals surface area contributed by atoms with E-state index >= 15 is 0 Å². The fraction of sp³-hybridized carbons (Fsp3) is 0.917. The zero-order chi connectivity index (χ0) is 10.5. The quantitative estimate of drug-likeness (QED) is 0.653. The molecule has 2 rings (SSSR count). The number of amides is 1. The predicted octanol–water partition coefficient (Wildman–Crippen LogP) is 1.58. The van der Waals surface area contributed by atoms with Crippen LogP contribution in [0.1, 0.15) is 51.4 Å². The Hall–Kier alpha value is -0.570. The molecule has 0 aromatic carbocycles. The summed E-state index contributed by atoms with van der Waals surface area (Å²) in [5, 5.41) is 6.54. The molecule has 2 aliphatic rings. The van der Waals surface area contributed by atoms with Gasteiger partial charge in [0.15, 0.2) is 0 Å². The summed E-state index contributed by atoms with van der Waals surface area (Å²) in [5.74, 6) is 0.241. The van der Waals surface area contributed by atoms with Gasteiger partial charge in [0.05, 0.1) is 0 Å². The average molecular weight is 210 g/mol. The van der Waals surface area contributed by atoms with Crippen molar-refractivity contribution < 1.29 is 4.79 Å². The maximum Gasteiger partial charge on any atom is 0.220 e. The van der Waals surface area contributed by atoms with Gasteiger partial charge in [-0.15, -0.1) is 0 Å². The molecule has 0 atom stereocenters. The zero-order valence-corrected chi connectivity index (χ0v) is 9.43. The highest BCUT2D eigenvalue weighted by atomic mass is 16.1. The van der Waals surface area contributed by atoms with Gasteiger partial charge in [-0.1, -0.05) is 12.8 Å². The summed E-state index contributed by atoms with van der Waals surface area (Å²) >= 11 is 0. The molecule has 2 aliphatic carbocycles. The maximum absolute atomic E-state index is 11.4.